The fourth-order valence-corrected chi connectivity index (χ4v) is 1.36. The van der Waals surface area contributed by atoms with Crippen LogP contribution in [0.15, 0.2) is 0 Å². The Bertz CT molecular complexity index is 264. The molecule has 0 rings (SSSR count). The molecule has 0 bridgehead atoms. The smallest absolute Gasteiger partial charge is 0.321 e. The molecule has 0 unspecified atom stereocenters. The summed E-state index contributed by atoms with van der Waals surface area (Å²) in [7, 11) is -3.32. The molecule has 4 nitrogen and oxygen atoms in total. The molecule has 0 aromatic rings. The first-order valence-corrected chi connectivity index (χ1v) is 5.88. The first kappa shape index (κ1) is 12.4. The van der Waals surface area contributed by atoms with Gasteiger partial charge in [0.05, 0.1) is 11.4 Å². The van der Waals surface area contributed by atoms with Crippen molar-refractivity contribution in [3.8, 4) is 0 Å². The van der Waals surface area contributed by atoms with Crippen molar-refractivity contribution in [2.45, 2.75) is 39.0 Å². The number of carbonyl (C=O) groups is 1. The summed E-state index contributed by atoms with van der Waals surface area (Å²) < 4.78 is 27.2. The van der Waals surface area contributed by atoms with E-state index < -0.39 is 26.8 Å². The van der Waals surface area contributed by atoms with Crippen LogP contribution in [0.25, 0.3) is 0 Å². The van der Waals surface area contributed by atoms with E-state index in [-0.39, 0.29) is 6.10 Å². The minimum absolute atomic E-state index is 0.269. The molecular formula is C8H16O4S. The fraction of sp³-hybridized carbons (Fsp3) is 0.875. The Morgan fingerprint density at radius 3 is 2.00 bits per heavy atom. The molecule has 0 saturated carbocycles. The highest BCUT2D eigenvalue weighted by molar-refractivity contribution is 7.92. The van der Waals surface area contributed by atoms with Gasteiger partial charge in [0.15, 0.2) is 9.84 Å². The summed E-state index contributed by atoms with van der Waals surface area (Å²) in [6.07, 6.45) is -0.269. The van der Waals surface area contributed by atoms with Crippen molar-refractivity contribution < 1.29 is 17.9 Å². The molecule has 0 amide bonds. The predicted octanol–water partition coefficient (Wildman–Crippen LogP) is 0.761. The Morgan fingerprint density at radius 2 is 1.69 bits per heavy atom. The average Bonchev–Trinajstić information content (AvgIpc) is 1.82. The van der Waals surface area contributed by atoms with Gasteiger partial charge in [-0.1, -0.05) is 0 Å². The van der Waals surface area contributed by atoms with Gasteiger partial charge in [-0.2, -0.15) is 0 Å². The SMILES string of the molecule is CC(C)OC(=O)CS(=O)(=O)C(C)C. The van der Waals surface area contributed by atoms with Crippen LogP contribution in [0.4, 0.5) is 0 Å². The van der Waals surface area contributed by atoms with Crippen molar-refractivity contribution in [2.24, 2.45) is 0 Å². The van der Waals surface area contributed by atoms with E-state index in [1.54, 1.807) is 13.8 Å². The molecular weight excluding hydrogens is 192 g/mol. The molecule has 5 heteroatoms. The fourth-order valence-electron chi connectivity index (χ4n) is 0.628. The number of rotatable bonds is 4. The maximum absolute atomic E-state index is 11.2. The Balaban J connectivity index is 4.22. The van der Waals surface area contributed by atoms with Gasteiger partial charge in [-0.05, 0) is 27.7 Å². The van der Waals surface area contributed by atoms with E-state index >= 15 is 0 Å². The molecule has 0 saturated heterocycles. The maximum atomic E-state index is 11.2. The predicted molar refractivity (Wildman–Crippen MR) is 50.2 cm³/mol. The number of ether oxygens (including phenoxy) is 1. The molecule has 0 atom stereocenters. The molecule has 0 aromatic carbocycles. The molecule has 0 spiro atoms. The maximum Gasteiger partial charge on any atom is 0.321 e. The lowest BCUT2D eigenvalue weighted by Gasteiger charge is -2.09. The number of carbonyl (C=O) groups excluding carboxylic acids is 1. The van der Waals surface area contributed by atoms with Gasteiger partial charge in [-0.3, -0.25) is 4.79 Å². The number of esters is 1. The zero-order chi connectivity index (χ0) is 10.6. The largest absolute Gasteiger partial charge is 0.462 e. The third kappa shape index (κ3) is 4.87. The number of hydrogen-bond donors (Lipinski definition) is 0. The summed E-state index contributed by atoms with van der Waals surface area (Å²) in [5.41, 5.74) is 0. The minimum Gasteiger partial charge on any atom is -0.462 e. The van der Waals surface area contributed by atoms with E-state index in [4.69, 9.17) is 4.74 Å². The van der Waals surface area contributed by atoms with Crippen LogP contribution >= 0.6 is 0 Å². The Morgan fingerprint density at radius 1 is 1.23 bits per heavy atom. The summed E-state index contributed by atoms with van der Waals surface area (Å²) in [6, 6.07) is 0. The summed E-state index contributed by atoms with van der Waals surface area (Å²) in [5.74, 6) is -1.20. The summed E-state index contributed by atoms with van der Waals surface area (Å²) in [4.78, 5) is 11.0. The van der Waals surface area contributed by atoms with Gasteiger partial charge in [0.2, 0.25) is 0 Å². The van der Waals surface area contributed by atoms with Gasteiger partial charge >= 0.3 is 5.97 Å². The van der Waals surface area contributed by atoms with E-state index in [0.717, 1.165) is 0 Å². The van der Waals surface area contributed by atoms with E-state index in [1.807, 2.05) is 0 Å². The standard InChI is InChI=1S/C8H16O4S/c1-6(2)12-8(9)5-13(10,11)7(3)4/h6-7H,5H2,1-4H3. The molecule has 0 aliphatic carbocycles. The lowest BCUT2D eigenvalue weighted by atomic mass is 10.5. The van der Waals surface area contributed by atoms with Crippen LogP contribution in [0.1, 0.15) is 27.7 Å². The van der Waals surface area contributed by atoms with Crippen LogP contribution in [-0.2, 0) is 19.4 Å². The van der Waals surface area contributed by atoms with Crippen LogP contribution in [0, 0.1) is 0 Å². The zero-order valence-electron chi connectivity index (χ0n) is 8.40. The van der Waals surface area contributed by atoms with Crippen LogP contribution in [-0.4, -0.2) is 31.5 Å². The lowest BCUT2D eigenvalue weighted by molar-refractivity contribution is -0.144. The molecule has 0 aromatic heterocycles. The second-order valence-electron chi connectivity index (χ2n) is 3.39. The molecule has 0 heterocycles. The summed E-state index contributed by atoms with van der Waals surface area (Å²) in [5, 5.41) is -0.535. The average molecular weight is 208 g/mol. The third-order valence-electron chi connectivity index (χ3n) is 1.40. The van der Waals surface area contributed by atoms with Crippen molar-refractivity contribution in [2.75, 3.05) is 5.75 Å². The first-order valence-electron chi connectivity index (χ1n) is 4.16. The monoisotopic (exact) mass is 208 g/mol. The summed E-state index contributed by atoms with van der Waals surface area (Å²) in [6.45, 7) is 6.44. The summed E-state index contributed by atoms with van der Waals surface area (Å²) >= 11 is 0. The number of hydrogen-bond acceptors (Lipinski definition) is 4. The lowest BCUT2D eigenvalue weighted by Crippen LogP contribution is -2.26. The van der Waals surface area contributed by atoms with Gasteiger partial charge in [-0.15, -0.1) is 0 Å². The van der Waals surface area contributed by atoms with Crippen molar-refractivity contribution >= 4 is 15.8 Å². The van der Waals surface area contributed by atoms with Gasteiger partial charge in [0, 0.05) is 0 Å². The van der Waals surface area contributed by atoms with Crippen LogP contribution in [0.5, 0.6) is 0 Å². The van der Waals surface area contributed by atoms with Crippen molar-refractivity contribution in [1.29, 1.82) is 0 Å². The Hall–Kier alpha value is -0.580. The minimum atomic E-state index is -3.32. The number of sulfone groups is 1. The van der Waals surface area contributed by atoms with E-state index in [2.05, 4.69) is 0 Å². The molecule has 13 heavy (non-hydrogen) atoms. The van der Waals surface area contributed by atoms with Gasteiger partial charge in [0.1, 0.15) is 5.75 Å². The van der Waals surface area contributed by atoms with Crippen LogP contribution < -0.4 is 0 Å². The quantitative estimate of drug-likeness (QED) is 0.640. The van der Waals surface area contributed by atoms with E-state index in [9.17, 15) is 13.2 Å². The third-order valence-corrected chi connectivity index (χ3v) is 3.48. The second kappa shape index (κ2) is 4.60. The van der Waals surface area contributed by atoms with Gasteiger partial charge in [0.25, 0.3) is 0 Å². The van der Waals surface area contributed by atoms with Gasteiger partial charge < -0.3 is 4.74 Å². The highest BCUT2D eigenvalue weighted by Gasteiger charge is 2.21. The molecule has 0 aliphatic heterocycles. The van der Waals surface area contributed by atoms with Crippen molar-refractivity contribution in [3.05, 3.63) is 0 Å². The molecule has 0 N–H and O–H groups in total. The van der Waals surface area contributed by atoms with E-state index in [1.165, 1.54) is 13.8 Å². The normalized spacial score (nSPS) is 12.2. The highest BCUT2D eigenvalue weighted by atomic mass is 32.2. The van der Waals surface area contributed by atoms with Crippen molar-refractivity contribution in [3.63, 3.8) is 0 Å². The van der Waals surface area contributed by atoms with Gasteiger partial charge in [-0.25, -0.2) is 8.42 Å². The highest BCUT2D eigenvalue weighted by Crippen LogP contribution is 2.02. The second-order valence-corrected chi connectivity index (χ2v) is 5.95. The molecule has 0 fully saturated rings. The van der Waals surface area contributed by atoms with Crippen LogP contribution in [0.3, 0.4) is 0 Å². The Kier molecular flexibility index (Phi) is 4.39. The Labute approximate surface area is 79.2 Å². The first-order chi connectivity index (χ1) is 5.75. The van der Waals surface area contributed by atoms with Crippen LogP contribution in [0.2, 0.25) is 0 Å². The van der Waals surface area contributed by atoms with Crippen molar-refractivity contribution in [1.82, 2.24) is 0 Å². The molecule has 78 valence electrons. The molecule has 0 radical (unpaired) electrons. The van der Waals surface area contributed by atoms with E-state index in [0.29, 0.717) is 0 Å². The topological polar surface area (TPSA) is 60.4 Å². The zero-order valence-corrected chi connectivity index (χ0v) is 9.22. The molecule has 0 aliphatic rings.